The highest BCUT2D eigenvalue weighted by atomic mass is 16.2. The molecule has 0 N–H and O–H groups in total. The molecule has 6 nitrogen and oxygen atoms in total. The summed E-state index contributed by atoms with van der Waals surface area (Å²) < 4.78 is 1.87. The summed E-state index contributed by atoms with van der Waals surface area (Å²) in [5, 5.41) is 4.81. The van der Waals surface area contributed by atoms with E-state index in [1.807, 2.05) is 16.5 Å². The van der Waals surface area contributed by atoms with Gasteiger partial charge in [0.25, 0.3) is 0 Å². The van der Waals surface area contributed by atoms with Crippen molar-refractivity contribution < 1.29 is 4.79 Å². The summed E-state index contributed by atoms with van der Waals surface area (Å²) in [5.41, 5.74) is 5.60. The average Bonchev–Trinajstić information content (AvgIpc) is 2.98. The predicted octanol–water partition coefficient (Wildman–Crippen LogP) is 2.68. The van der Waals surface area contributed by atoms with Crippen LogP contribution in [0.4, 0.5) is 11.5 Å². The minimum absolute atomic E-state index is 0.110. The first-order chi connectivity index (χ1) is 12.1. The van der Waals surface area contributed by atoms with Gasteiger partial charge in [-0.1, -0.05) is 6.58 Å². The summed E-state index contributed by atoms with van der Waals surface area (Å²) >= 11 is 0. The molecule has 4 rings (SSSR count). The minimum atomic E-state index is 0.110. The highest BCUT2D eigenvalue weighted by Crippen LogP contribution is 2.37. The maximum absolute atomic E-state index is 11.9. The third kappa shape index (κ3) is 2.62. The molecular weight excluding hydrogens is 314 g/mol. The number of carbonyl (C=O) groups excluding carboxylic acids is 1. The molecule has 4 heterocycles. The highest BCUT2D eigenvalue weighted by molar-refractivity contribution is 5.75. The monoisotopic (exact) mass is 337 g/mol. The second-order valence-corrected chi connectivity index (χ2v) is 6.74. The van der Waals surface area contributed by atoms with Gasteiger partial charge in [-0.05, 0) is 31.9 Å². The van der Waals surface area contributed by atoms with Gasteiger partial charge in [-0.15, -0.1) is 5.10 Å². The molecule has 0 saturated heterocycles. The second-order valence-electron chi connectivity index (χ2n) is 6.74. The number of amides is 1. The Labute approximate surface area is 147 Å². The van der Waals surface area contributed by atoms with Crippen molar-refractivity contribution in [1.29, 1.82) is 0 Å². The SMILES string of the molecule is C=Cn1nc(N2CCCc3nc(C)ccc32)c2c1CCN(C(C)=O)C2. The number of hydrogen-bond donors (Lipinski definition) is 0. The molecule has 0 unspecified atom stereocenters. The number of fused-ring (bicyclic) bond motifs is 2. The van der Waals surface area contributed by atoms with Crippen LogP contribution in [0, 0.1) is 6.92 Å². The molecule has 130 valence electrons. The van der Waals surface area contributed by atoms with Crippen LogP contribution in [0.2, 0.25) is 0 Å². The Balaban J connectivity index is 1.81. The number of pyridine rings is 1. The lowest BCUT2D eigenvalue weighted by Gasteiger charge is -2.32. The van der Waals surface area contributed by atoms with E-state index in [4.69, 9.17) is 10.1 Å². The fraction of sp³-hybridized carbons (Fsp3) is 0.421. The lowest BCUT2D eigenvalue weighted by molar-refractivity contribution is -0.129. The number of carbonyl (C=O) groups is 1. The smallest absolute Gasteiger partial charge is 0.219 e. The molecule has 6 heteroatoms. The van der Waals surface area contributed by atoms with E-state index in [1.54, 1.807) is 13.1 Å². The second kappa shape index (κ2) is 6.02. The van der Waals surface area contributed by atoms with Gasteiger partial charge in [0.2, 0.25) is 5.91 Å². The quantitative estimate of drug-likeness (QED) is 0.845. The van der Waals surface area contributed by atoms with E-state index in [-0.39, 0.29) is 5.91 Å². The standard InChI is InChI=1S/C19H23N5O/c1-4-24-17-9-11-22(14(3)25)12-15(17)19(21-24)23-10-5-6-16-18(23)8-7-13(2)20-16/h4,7-8H,1,5-6,9-12H2,2-3H3. The van der Waals surface area contributed by atoms with Crippen LogP contribution in [0.3, 0.4) is 0 Å². The van der Waals surface area contributed by atoms with Crippen LogP contribution >= 0.6 is 0 Å². The molecule has 1 amide bonds. The Morgan fingerprint density at radius 3 is 2.88 bits per heavy atom. The molecule has 0 fully saturated rings. The van der Waals surface area contributed by atoms with Gasteiger partial charge in [0.05, 0.1) is 23.6 Å². The maximum atomic E-state index is 11.9. The molecule has 2 aliphatic heterocycles. The van der Waals surface area contributed by atoms with Crippen LogP contribution in [-0.4, -0.2) is 38.7 Å². The zero-order chi connectivity index (χ0) is 17.6. The molecule has 0 saturated carbocycles. The fourth-order valence-corrected chi connectivity index (χ4v) is 3.84. The van der Waals surface area contributed by atoms with Crippen molar-refractivity contribution in [2.24, 2.45) is 0 Å². The maximum Gasteiger partial charge on any atom is 0.219 e. The molecule has 0 bridgehead atoms. The van der Waals surface area contributed by atoms with Gasteiger partial charge in [0.1, 0.15) is 0 Å². The summed E-state index contributed by atoms with van der Waals surface area (Å²) in [6.07, 6.45) is 4.61. The molecule has 2 aliphatic rings. The Kier molecular flexibility index (Phi) is 3.82. The summed E-state index contributed by atoms with van der Waals surface area (Å²) in [6, 6.07) is 4.19. The Morgan fingerprint density at radius 2 is 2.12 bits per heavy atom. The largest absolute Gasteiger partial charge is 0.338 e. The van der Waals surface area contributed by atoms with E-state index < -0.39 is 0 Å². The molecule has 0 aliphatic carbocycles. The van der Waals surface area contributed by atoms with Crippen molar-refractivity contribution >= 4 is 23.6 Å². The van der Waals surface area contributed by atoms with Crippen LogP contribution in [0.1, 0.15) is 36.0 Å². The van der Waals surface area contributed by atoms with Crippen LogP contribution in [0.15, 0.2) is 18.7 Å². The van der Waals surface area contributed by atoms with E-state index in [0.717, 1.165) is 66.5 Å². The van der Waals surface area contributed by atoms with E-state index in [9.17, 15) is 4.79 Å². The van der Waals surface area contributed by atoms with Gasteiger partial charge in [-0.2, -0.15) is 0 Å². The first kappa shape index (κ1) is 15.9. The lowest BCUT2D eigenvalue weighted by atomic mass is 10.0. The van der Waals surface area contributed by atoms with Crippen molar-refractivity contribution in [3.63, 3.8) is 0 Å². The zero-order valence-corrected chi connectivity index (χ0v) is 14.8. The van der Waals surface area contributed by atoms with Gasteiger partial charge in [-0.3, -0.25) is 9.78 Å². The van der Waals surface area contributed by atoms with Crippen molar-refractivity contribution in [3.05, 3.63) is 41.4 Å². The van der Waals surface area contributed by atoms with E-state index in [1.165, 1.54) is 0 Å². The number of hydrogen-bond acceptors (Lipinski definition) is 4. The first-order valence-electron chi connectivity index (χ1n) is 8.81. The van der Waals surface area contributed by atoms with E-state index in [2.05, 4.69) is 23.6 Å². The Hall–Kier alpha value is -2.63. The van der Waals surface area contributed by atoms with Gasteiger partial charge in [-0.25, -0.2) is 4.68 Å². The van der Waals surface area contributed by atoms with Crippen molar-refractivity contribution in [2.45, 2.75) is 39.7 Å². The van der Waals surface area contributed by atoms with Crippen LogP contribution < -0.4 is 4.90 Å². The summed E-state index contributed by atoms with van der Waals surface area (Å²) in [6.45, 7) is 9.81. The van der Waals surface area contributed by atoms with E-state index >= 15 is 0 Å². The topological polar surface area (TPSA) is 54.3 Å². The zero-order valence-electron chi connectivity index (χ0n) is 14.8. The molecule has 0 spiro atoms. The molecule has 0 radical (unpaired) electrons. The molecule has 25 heavy (non-hydrogen) atoms. The number of nitrogens with zero attached hydrogens (tertiary/aromatic N) is 5. The number of anilines is 2. The number of rotatable bonds is 2. The summed E-state index contributed by atoms with van der Waals surface area (Å²) in [4.78, 5) is 20.7. The highest BCUT2D eigenvalue weighted by Gasteiger charge is 2.30. The van der Waals surface area contributed by atoms with Gasteiger partial charge in [0, 0.05) is 43.9 Å². The number of aromatic nitrogens is 3. The van der Waals surface area contributed by atoms with Gasteiger partial charge < -0.3 is 9.80 Å². The number of aryl methyl sites for hydroxylation is 2. The Morgan fingerprint density at radius 1 is 1.28 bits per heavy atom. The van der Waals surface area contributed by atoms with Crippen LogP contribution in [0.25, 0.3) is 6.20 Å². The van der Waals surface area contributed by atoms with E-state index in [0.29, 0.717) is 6.54 Å². The van der Waals surface area contributed by atoms with Gasteiger partial charge >= 0.3 is 0 Å². The minimum Gasteiger partial charge on any atom is -0.338 e. The van der Waals surface area contributed by atoms with Gasteiger partial charge in [0.15, 0.2) is 5.82 Å². The third-order valence-corrected chi connectivity index (χ3v) is 5.11. The molecule has 0 atom stereocenters. The molecular formula is C19H23N5O. The lowest BCUT2D eigenvalue weighted by Crippen LogP contribution is -2.35. The fourth-order valence-electron chi connectivity index (χ4n) is 3.84. The van der Waals surface area contributed by atoms with Crippen molar-refractivity contribution in [3.8, 4) is 0 Å². The molecule has 0 aromatic carbocycles. The average molecular weight is 337 g/mol. The Bertz CT molecular complexity index is 854. The van der Waals surface area contributed by atoms with Crippen molar-refractivity contribution in [1.82, 2.24) is 19.7 Å². The third-order valence-electron chi connectivity index (χ3n) is 5.11. The van der Waals surface area contributed by atoms with Crippen molar-refractivity contribution in [2.75, 3.05) is 18.0 Å². The van der Waals surface area contributed by atoms with Crippen LogP contribution in [-0.2, 0) is 24.2 Å². The predicted molar refractivity (Wildman–Crippen MR) is 97.7 cm³/mol. The molecule has 2 aromatic heterocycles. The summed E-state index contributed by atoms with van der Waals surface area (Å²) in [5.74, 6) is 1.05. The molecule has 2 aromatic rings. The van der Waals surface area contributed by atoms with Crippen LogP contribution in [0.5, 0.6) is 0 Å². The normalized spacial score (nSPS) is 16.4. The first-order valence-corrected chi connectivity index (χ1v) is 8.81. The summed E-state index contributed by atoms with van der Waals surface area (Å²) in [7, 11) is 0.